The molecule has 0 amide bonds. The highest BCUT2D eigenvalue weighted by atomic mass is 15.3. The molecule has 0 aromatic heterocycles. The van der Waals surface area contributed by atoms with E-state index in [1.165, 1.54) is 5.69 Å². The molecule has 1 fully saturated rings. The Hall–Kier alpha value is -1.53. The molecule has 0 spiro atoms. The normalized spacial score (nSPS) is 23.1. The molecule has 2 rings (SSSR count). The van der Waals surface area contributed by atoms with Gasteiger partial charge in [-0.25, -0.2) is 0 Å². The smallest absolute Gasteiger partial charge is 0.0643 e. The molecule has 1 atom stereocenters. The minimum atomic E-state index is 0.0990. The Morgan fingerprint density at radius 3 is 2.76 bits per heavy atom. The summed E-state index contributed by atoms with van der Waals surface area (Å²) in [5.74, 6) is 0. The second-order valence-corrected chi connectivity index (χ2v) is 5.24. The zero-order valence-corrected chi connectivity index (χ0v) is 10.5. The summed E-state index contributed by atoms with van der Waals surface area (Å²) in [5.41, 5.74) is 1.31. The van der Waals surface area contributed by atoms with Crippen LogP contribution in [0.3, 0.4) is 0 Å². The Bertz CT molecular complexity index is 405. The number of nitrogens with zero attached hydrogens (tertiary/aromatic N) is 2. The molecule has 1 aliphatic rings. The van der Waals surface area contributed by atoms with E-state index in [1.807, 2.05) is 18.2 Å². The summed E-state index contributed by atoms with van der Waals surface area (Å²) in [6.07, 6.45) is 0.567. The first-order chi connectivity index (χ1) is 8.12. The van der Waals surface area contributed by atoms with E-state index < -0.39 is 0 Å². The first-order valence-electron chi connectivity index (χ1n) is 6.06. The average molecular weight is 229 g/mol. The van der Waals surface area contributed by atoms with Gasteiger partial charge >= 0.3 is 0 Å². The van der Waals surface area contributed by atoms with Gasteiger partial charge < -0.3 is 10.2 Å². The zero-order valence-electron chi connectivity index (χ0n) is 10.5. The van der Waals surface area contributed by atoms with Crippen LogP contribution >= 0.6 is 0 Å². The van der Waals surface area contributed by atoms with E-state index in [-0.39, 0.29) is 11.6 Å². The average Bonchev–Trinajstić information content (AvgIpc) is 2.32. The number of para-hydroxylation sites is 1. The van der Waals surface area contributed by atoms with E-state index in [1.54, 1.807) is 0 Å². The largest absolute Gasteiger partial charge is 0.364 e. The maximum absolute atomic E-state index is 8.91. The molecule has 1 unspecified atom stereocenters. The highest BCUT2D eigenvalue weighted by Gasteiger charge is 2.32. The lowest BCUT2D eigenvalue weighted by atomic mass is 9.97. The molecule has 90 valence electrons. The van der Waals surface area contributed by atoms with Gasteiger partial charge in [0.2, 0.25) is 0 Å². The third-order valence-corrected chi connectivity index (χ3v) is 3.24. The van der Waals surface area contributed by atoms with Crippen molar-refractivity contribution >= 4 is 5.69 Å². The van der Waals surface area contributed by atoms with Crippen molar-refractivity contribution in [3.63, 3.8) is 0 Å². The summed E-state index contributed by atoms with van der Waals surface area (Å²) in [4.78, 5) is 2.35. The third kappa shape index (κ3) is 2.78. The predicted molar refractivity (Wildman–Crippen MR) is 69.9 cm³/mol. The second kappa shape index (κ2) is 4.77. The molecule has 1 saturated heterocycles. The minimum absolute atomic E-state index is 0.0990. The molecule has 3 heteroatoms. The van der Waals surface area contributed by atoms with Gasteiger partial charge in [0.15, 0.2) is 0 Å². The standard InChI is InChI=1S/C14H19N3/c1-14(2)11-17(12-6-4-3-5-7-12)13(8-9-15)10-16-14/h3-7,13,16H,8,10-11H2,1-2H3. The number of hydrogen-bond donors (Lipinski definition) is 1. The molecule has 3 nitrogen and oxygen atoms in total. The van der Waals surface area contributed by atoms with Crippen LogP contribution in [0.1, 0.15) is 20.3 Å². The number of anilines is 1. The molecule has 0 bridgehead atoms. The summed E-state index contributed by atoms with van der Waals surface area (Å²) in [6.45, 7) is 6.20. The molecule has 1 aliphatic heterocycles. The van der Waals surface area contributed by atoms with Crippen molar-refractivity contribution in [3.8, 4) is 6.07 Å². The Labute approximate surface area is 103 Å². The number of hydrogen-bond acceptors (Lipinski definition) is 3. The lowest BCUT2D eigenvalue weighted by molar-refractivity contribution is 0.311. The van der Waals surface area contributed by atoms with Crippen molar-refractivity contribution in [2.45, 2.75) is 31.8 Å². The molecule has 1 aromatic rings. The van der Waals surface area contributed by atoms with Gasteiger partial charge in [0.1, 0.15) is 0 Å². The van der Waals surface area contributed by atoms with Crippen LogP contribution < -0.4 is 10.2 Å². The van der Waals surface area contributed by atoms with Crippen molar-refractivity contribution in [1.82, 2.24) is 5.32 Å². The van der Waals surface area contributed by atoms with Gasteiger partial charge in [0, 0.05) is 24.3 Å². The molecule has 1 N–H and O–H groups in total. The van der Waals surface area contributed by atoms with E-state index in [4.69, 9.17) is 5.26 Å². The van der Waals surface area contributed by atoms with E-state index in [0.717, 1.165) is 13.1 Å². The van der Waals surface area contributed by atoms with Crippen LogP contribution in [0.15, 0.2) is 30.3 Å². The van der Waals surface area contributed by atoms with Gasteiger partial charge in [0.05, 0.1) is 18.5 Å². The Balaban J connectivity index is 2.23. The Morgan fingerprint density at radius 2 is 2.12 bits per heavy atom. The fraction of sp³-hybridized carbons (Fsp3) is 0.500. The van der Waals surface area contributed by atoms with Gasteiger partial charge in [-0.05, 0) is 26.0 Å². The number of piperazine rings is 1. The van der Waals surface area contributed by atoms with Crippen LogP contribution in [0, 0.1) is 11.3 Å². The molecule has 0 saturated carbocycles. The summed E-state index contributed by atoms with van der Waals surface area (Å²) in [6, 6.07) is 12.9. The maximum Gasteiger partial charge on any atom is 0.0643 e. The lowest BCUT2D eigenvalue weighted by Gasteiger charge is -2.45. The van der Waals surface area contributed by atoms with Gasteiger partial charge in [-0.1, -0.05) is 18.2 Å². The number of nitrogens with one attached hydrogen (secondary N) is 1. The van der Waals surface area contributed by atoms with Crippen molar-refractivity contribution < 1.29 is 0 Å². The van der Waals surface area contributed by atoms with Gasteiger partial charge in [-0.2, -0.15) is 5.26 Å². The van der Waals surface area contributed by atoms with E-state index >= 15 is 0 Å². The van der Waals surface area contributed by atoms with E-state index in [0.29, 0.717) is 6.42 Å². The van der Waals surface area contributed by atoms with Gasteiger partial charge in [-0.15, -0.1) is 0 Å². The van der Waals surface area contributed by atoms with Crippen LogP contribution in [-0.4, -0.2) is 24.7 Å². The van der Waals surface area contributed by atoms with Crippen LogP contribution in [0.25, 0.3) is 0 Å². The van der Waals surface area contributed by atoms with E-state index in [9.17, 15) is 0 Å². The highest BCUT2D eigenvalue weighted by molar-refractivity contribution is 5.48. The first-order valence-corrected chi connectivity index (χ1v) is 6.06. The molecule has 0 radical (unpaired) electrons. The van der Waals surface area contributed by atoms with Gasteiger partial charge in [0.25, 0.3) is 0 Å². The maximum atomic E-state index is 8.91. The van der Waals surface area contributed by atoms with Crippen molar-refractivity contribution in [3.05, 3.63) is 30.3 Å². The fourth-order valence-corrected chi connectivity index (χ4v) is 2.32. The van der Waals surface area contributed by atoms with Crippen LogP contribution in [0.5, 0.6) is 0 Å². The predicted octanol–water partition coefficient (Wildman–Crippen LogP) is 2.16. The lowest BCUT2D eigenvalue weighted by Crippen LogP contribution is -2.61. The molecular weight excluding hydrogens is 210 g/mol. The molecule has 0 aliphatic carbocycles. The topological polar surface area (TPSA) is 39.1 Å². The number of nitriles is 1. The Kier molecular flexibility index (Phi) is 3.35. The van der Waals surface area contributed by atoms with Gasteiger partial charge in [-0.3, -0.25) is 0 Å². The van der Waals surface area contributed by atoms with E-state index in [2.05, 4.69) is 42.3 Å². The van der Waals surface area contributed by atoms with Crippen molar-refractivity contribution in [1.29, 1.82) is 5.26 Å². The second-order valence-electron chi connectivity index (χ2n) is 5.24. The molecule has 17 heavy (non-hydrogen) atoms. The van der Waals surface area contributed by atoms with Crippen LogP contribution in [0.4, 0.5) is 5.69 Å². The minimum Gasteiger partial charge on any atom is -0.364 e. The molecule has 1 heterocycles. The van der Waals surface area contributed by atoms with Crippen LogP contribution in [0.2, 0.25) is 0 Å². The zero-order chi connectivity index (χ0) is 12.3. The monoisotopic (exact) mass is 229 g/mol. The van der Waals surface area contributed by atoms with Crippen LogP contribution in [-0.2, 0) is 0 Å². The quantitative estimate of drug-likeness (QED) is 0.844. The molecule has 1 aromatic carbocycles. The third-order valence-electron chi connectivity index (χ3n) is 3.24. The van der Waals surface area contributed by atoms with Crippen molar-refractivity contribution in [2.75, 3.05) is 18.0 Å². The Morgan fingerprint density at radius 1 is 1.41 bits per heavy atom. The number of benzene rings is 1. The summed E-state index contributed by atoms with van der Waals surface area (Å²) < 4.78 is 0. The first kappa shape index (κ1) is 11.9. The van der Waals surface area contributed by atoms with Crippen molar-refractivity contribution in [2.24, 2.45) is 0 Å². The fourth-order valence-electron chi connectivity index (χ4n) is 2.32. The molecular formula is C14H19N3. The summed E-state index contributed by atoms with van der Waals surface area (Å²) in [5, 5.41) is 12.4. The summed E-state index contributed by atoms with van der Waals surface area (Å²) in [7, 11) is 0. The highest BCUT2D eigenvalue weighted by Crippen LogP contribution is 2.24. The summed E-state index contributed by atoms with van der Waals surface area (Å²) >= 11 is 0. The SMILES string of the molecule is CC1(C)CN(c2ccccc2)C(CC#N)CN1. The number of rotatable bonds is 2.